The van der Waals surface area contributed by atoms with E-state index in [1.54, 1.807) is 0 Å². The predicted octanol–water partition coefficient (Wildman–Crippen LogP) is 5.72. The molecule has 0 saturated heterocycles. The molecular formula is C18H22. The van der Waals surface area contributed by atoms with Gasteiger partial charge in [-0.3, -0.25) is 0 Å². The van der Waals surface area contributed by atoms with Gasteiger partial charge in [-0.05, 0) is 35.2 Å². The first-order chi connectivity index (χ1) is 8.72. The Kier molecular flexibility index (Phi) is 5.93. The third kappa shape index (κ3) is 3.89. The molecular weight excluding hydrogens is 216 g/mol. The van der Waals surface area contributed by atoms with Crippen LogP contribution in [-0.2, 0) is 0 Å². The molecule has 2 aromatic carbocycles. The molecule has 94 valence electrons. The lowest BCUT2D eigenvalue weighted by Gasteiger charge is -2.05. The maximum Gasteiger partial charge on any atom is -0.0178 e. The van der Waals surface area contributed by atoms with Crippen LogP contribution in [0.25, 0.3) is 17.2 Å². The largest absolute Gasteiger partial charge is 0.0985 e. The normalized spacial score (nSPS) is 9.28. The van der Waals surface area contributed by atoms with Crippen molar-refractivity contribution in [2.24, 2.45) is 0 Å². The van der Waals surface area contributed by atoms with E-state index < -0.39 is 0 Å². The van der Waals surface area contributed by atoms with Crippen LogP contribution in [0.15, 0.2) is 55.1 Å². The second kappa shape index (κ2) is 7.50. The molecule has 0 unspecified atom stereocenters. The third-order valence-electron chi connectivity index (χ3n) is 2.61. The Morgan fingerprint density at radius 2 is 1.56 bits per heavy atom. The molecule has 0 aliphatic heterocycles. The van der Waals surface area contributed by atoms with Crippen LogP contribution in [0.1, 0.15) is 31.4 Å². The zero-order valence-corrected chi connectivity index (χ0v) is 11.6. The monoisotopic (exact) mass is 238 g/mol. The molecule has 0 radical (unpaired) electrons. The van der Waals surface area contributed by atoms with Crippen molar-refractivity contribution in [1.82, 2.24) is 0 Å². The maximum atomic E-state index is 3.83. The smallest absolute Gasteiger partial charge is 0.0178 e. The Hall–Kier alpha value is -1.82. The van der Waals surface area contributed by atoms with E-state index >= 15 is 0 Å². The average Bonchev–Trinajstić information content (AvgIpc) is 2.41. The molecule has 0 aliphatic carbocycles. The van der Waals surface area contributed by atoms with Gasteiger partial charge in [0.1, 0.15) is 0 Å². The number of hydrogen-bond acceptors (Lipinski definition) is 0. The predicted molar refractivity (Wildman–Crippen MR) is 82.7 cm³/mol. The Morgan fingerprint density at radius 3 is 2.11 bits per heavy atom. The van der Waals surface area contributed by atoms with Gasteiger partial charge in [0.2, 0.25) is 0 Å². The molecule has 0 fully saturated rings. The van der Waals surface area contributed by atoms with Crippen LogP contribution in [0.2, 0.25) is 0 Å². The first kappa shape index (κ1) is 14.2. The zero-order valence-electron chi connectivity index (χ0n) is 11.6. The van der Waals surface area contributed by atoms with E-state index in [9.17, 15) is 0 Å². The topological polar surface area (TPSA) is 0 Å². The van der Waals surface area contributed by atoms with Gasteiger partial charge in [0, 0.05) is 0 Å². The van der Waals surface area contributed by atoms with Crippen molar-refractivity contribution >= 4 is 6.08 Å². The van der Waals surface area contributed by atoms with Crippen molar-refractivity contribution in [1.29, 1.82) is 0 Å². The quantitative estimate of drug-likeness (QED) is 0.627. The summed E-state index contributed by atoms with van der Waals surface area (Å²) in [6, 6.07) is 16.9. The molecule has 0 saturated carbocycles. The Bertz CT molecular complexity index is 481. The van der Waals surface area contributed by atoms with Crippen molar-refractivity contribution in [3.05, 3.63) is 66.2 Å². The second-order valence-corrected chi connectivity index (χ2v) is 4.35. The minimum atomic E-state index is 1.20. The van der Waals surface area contributed by atoms with E-state index in [1.807, 2.05) is 12.1 Å². The highest BCUT2D eigenvalue weighted by Crippen LogP contribution is 2.22. The van der Waals surface area contributed by atoms with Gasteiger partial charge in [-0.2, -0.15) is 0 Å². The van der Waals surface area contributed by atoms with Crippen LogP contribution >= 0.6 is 0 Å². The van der Waals surface area contributed by atoms with Gasteiger partial charge in [-0.1, -0.05) is 75.4 Å². The lowest BCUT2D eigenvalue weighted by atomic mass is 10.00. The van der Waals surface area contributed by atoms with Crippen molar-refractivity contribution in [3.8, 4) is 11.1 Å². The van der Waals surface area contributed by atoms with E-state index in [2.05, 4.69) is 69.8 Å². The van der Waals surface area contributed by atoms with Gasteiger partial charge in [0.05, 0.1) is 0 Å². The summed E-state index contributed by atoms with van der Waals surface area (Å²) in [7, 11) is 0. The molecule has 0 heterocycles. The highest BCUT2D eigenvalue weighted by atomic mass is 14.0. The fourth-order valence-electron chi connectivity index (χ4n) is 1.67. The molecule has 0 heteroatoms. The van der Waals surface area contributed by atoms with Gasteiger partial charge in [-0.15, -0.1) is 0 Å². The molecule has 0 aromatic heterocycles. The third-order valence-corrected chi connectivity index (χ3v) is 2.61. The molecule has 2 aromatic rings. The van der Waals surface area contributed by atoms with Crippen LogP contribution in [-0.4, -0.2) is 0 Å². The van der Waals surface area contributed by atoms with Crippen molar-refractivity contribution in [2.45, 2.75) is 27.2 Å². The standard InChI is InChI=1S/C15H14.C3H8/c1-3-13-11-15(10-9-12(13)2)14-7-5-4-6-8-14;1-3-2/h3-11H,1H2,2H3;3H2,1-2H3. The summed E-state index contributed by atoms with van der Waals surface area (Å²) >= 11 is 0. The van der Waals surface area contributed by atoms with Crippen LogP contribution in [0.5, 0.6) is 0 Å². The zero-order chi connectivity index (χ0) is 13.4. The summed E-state index contributed by atoms with van der Waals surface area (Å²) in [4.78, 5) is 0. The van der Waals surface area contributed by atoms with Gasteiger partial charge in [0.25, 0.3) is 0 Å². The maximum absolute atomic E-state index is 3.83. The summed E-state index contributed by atoms with van der Waals surface area (Å²) in [6.45, 7) is 10.2. The highest BCUT2D eigenvalue weighted by molar-refractivity contribution is 5.68. The second-order valence-electron chi connectivity index (χ2n) is 4.35. The molecule has 0 nitrogen and oxygen atoms in total. The van der Waals surface area contributed by atoms with Crippen LogP contribution in [0.4, 0.5) is 0 Å². The van der Waals surface area contributed by atoms with E-state index in [0.29, 0.717) is 0 Å². The summed E-state index contributed by atoms with van der Waals surface area (Å²) < 4.78 is 0. The number of benzene rings is 2. The molecule has 0 atom stereocenters. The molecule has 0 aliphatic rings. The minimum Gasteiger partial charge on any atom is -0.0985 e. The van der Waals surface area contributed by atoms with Crippen molar-refractivity contribution in [2.75, 3.05) is 0 Å². The Labute approximate surface area is 111 Å². The fourth-order valence-corrected chi connectivity index (χ4v) is 1.67. The number of rotatable bonds is 2. The summed E-state index contributed by atoms with van der Waals surface area (Å²) in [5.41, 5.74) is 4.97. The SMILES string of the molecule is C=Cc1cc(-c2ccccc2)ccc1C.CCC. The van der Waals surface area contributed by atoms with Crippen LogP contribution < -0.4 is 0 Å². The van der Waals surface area contributed by atoms with E-state index in [1.165, 1.54) is 28.7 Å². The van der Waals surface area contributed by atoms with Gasteiger partial charge in [-0.25, -0.2) is 0 Å². The molecule has 0 amide bonds. The van der Waals surface area contributed by atoms with Gasteiger partial charge >= 0.3 is 0 Å². The van der Waals surface area contributed by atoms with E-state index in [0.717, 1.165) is 0 Å². The number of hydrogen-bond donors (Lipinski definition) is 0. The summed E-state index contributed by atoms with van der Waals surface area (Å²) in [5.74, 6) is 0. The van der Waals surface area contributed by atoms with Crippen LogP contribution in [0, 0.1) is 6.92 Å². The van der Waals surface area contributed by atoms with Gasteiger partial charge in [0.15, 0.2) is 0 Å². The molecule has 0 N–H and O–H groups in total. The lowest BCUT2D eigenvalue weighted by molar-refractivity contribution is 1.09. The van der Waals surface area contributed by atoms with Crippen molar-refractivity contribution in [3.63, 3.8) is 0 Å². The number of aryl methyl sites for hydroxylation is 1. The minimum absolute atomic E-state index is 1.20. The van der Waals surface area contributed by atoms with E-state index in [4.69, 9.17) is 0 Å². The average molecular weight is 238 g/mol. The molecule has 2 rings (SSSR count). The lowest BCUT2D eigenvalue weighted by Crippen LogP contribution is -1.83. The van der Waals surface area contributed by atoms with Crippen LogP contribution in [0.3, 0.4) is 0 Å². The fraction of sp³-hybridized carbons (Fsp3) is 0.222. The Balaban J connectivity index is 0.000000492. The van der Waals surface area contributed by atoms with Gasteiger partial charge < -0.3 is 0 Å². The van der Waals surface area contributed by atoms with Crippen molar-refractivity contribution < 1.29 is 0 Å². The Morgan fingerprint density at radius 1 is 0.944 bits per heavy atom. The highest BCUT2D eigenvalue weighted by Gasteiger charge is 1.99. The molecule has 0 bridgehead atoms. The first-order valence-corrected chi connectivity index (χ1v) is 6.51. The first-order valence-electron chi connectivity index (χ1n) is 6.51. The summed E-state index contributed by atoms with van der Waals surface area (Å²) in [5, 5.41) is 0. The molecule has 18 heavy (non-hydrogen) atoms. The summed E-state index contributed by atoms with van der Waals surface area (Å²) in [6.07, 6.45) is 3.15. The molecule has 0 spiro atoms. The van der Waals surface area contributed by atoms with E-state index in [-0.39, 0.29) is 0 Å².